The first-order valence-electron chi connectivity index (χ1n) is 5.97. The third kappa shape index (κ3) is 4.40. The first kappa shape index (κ1) is 14.2. The number of halogens is 2. The number of rotatable bonds is 5. The molecule has 1 N–H and O–H groups in total. The number of hydrogen-bond donors (Lipinski definition) is 1. The van der Waals surface area contributed by atoms with Crippen LogP contribution in [0.1, 0.15) is 19.8 Å². The molecule has 0 spiro atoms. The Morgan fingerprint density at radius 2 is 2.21 bits per heavy atom. The molecule has 1 amide bonds. The topological polar surface area (TPSA) is 50.7 Å². The highest BCUT2D eigenvalue weighted by molar-refractivity contribution is 6.35. The molecule has 4 nitrogen and oxygen atoms in total. The van der Waals surface area contributed by atoms with Crippen molar-refractivity contribution in [3.63, 3.8) is 0 Å². The molecule has 0 atom stereocenters. The summed E-state index contributed by atoms with van der Waals surface area (Å²) in [6.07, 6.45) is 2.31. The van der Waals surface area contributed by atoms with Crippen LogP contribution in [-0.2, 0) is 4.79 Å². The van der Waals surface area contributed by atoms with Crippen LogP contribution in [0.2, 0.25) is 10.0 Å². The molecule has 102 valence electrons. The van der Waals surface area contributed by atoms with E-state index in [2.05, 4.69) is 10.5 Å². The Morgan fingerprint density at radius 1 is 1.47 bits per heavy atom. The number of ether oxygens (including phenoxy) is 1. The first-order chi connectivity index (χ1) is 9.06. The number of hydrazone groups is 1. The van der Waals surface area contributed by atoms with Crippen LogP contribution in [-0.4, -0.2) is 18.2 Å². The van der Waals surface area contributed by atoms with Gasteiger partial charge in [-0.1, -0.05) is 23.2 Å². The smallest absolute Gasteiger partial charge is 0.277 e. The molecule has 1 aromatic rings. The van der Waals surface area contributed by atoms with E-state index in [1.54, 1.807) is 18.2 Å². The lowest BCUT2D eigenvalue weighted by Gasteiger charge is -2.07. The molecule has 1 fully saturated rings. The molecule has 0 radical (unpaired) electrons. The van der Waals surface area contributed by atoms with E-state index >= 15 is 0 Å². The van der Waals surface area contributed by atoms with Crippen LogP contribution in [0, 0.1) is 5.92 Å². The third-order valence-corrected chi connectivity index (χ3v) is 3.31. The summed E-state index contributed by atoms with van der Waals surface area (Å²) in [6, 6.07) is 4.83. The molecule has 0 bridgehead atoms. The van der Waals surface area contributed by atoms with Gasteiger partial charge in [-0.2, -0.15) is 5.10 Å². The van der Waals surface area contributed by atoms with E-state index in [1.807, 2.05) is 6.92 Å². The highest BCUT2D eigenvalue weighted by Gasteiger charge is 2.24. The van der Waals surface area contributed by atoms with Crippen molar-refractivity contribution in [1.29, 1.82) is 0 Å². The van der Waals surface area contributed by atoms with E-state index in [4.69, 9.17) is 27.9 Å². The monoisotopic (exact) mass is 300 g/mol. The number of carbonyl (C=O) groups is 1. The summed E-state index contributed by atoms with van der Waals surface area (Å²) in [6.45, 7) is 1.78. The Bertz CT molecular complexity index is 513. The molecule has 0 heterocycles. The molecule has 0 unspecified atom stereocenters. The average Bonchev–Trinajstić information content (AvgIpc) is 3.19. The molecule has 2 rings (SSSR count). The third-order valence-electron chi connectivity index (χ3n) is 2.78. The van der Waals surface area contributed by atoms with Crippen LogP contribution in [0.25, 0.3) is 0 Å². The van der Waals surface area contributed by atoms with Gasteiger partial charge in [0, 0.05) is 10.7 Å². The van der Waals surface area contributed by atoms with Gasteiger partial charge in [-0.05, 0) is 43.9 Å². The van der Waals surface area contributed by atoms with E-state index in [-0.39, 0.29) is 12.5 Å². The lowest BCUT2D eigenvalue weighted by Crippen LogP contribution is -2.25. The SMILES string of the molecule is C/C(=N/NC(=O)COc1ccc(Cl)cc1Cl)C1CC1. The van der Waals surface area contributed by atoms with Gasteiger partial charge in [0.25, 0.3) is 5.91 Å². The quantitative estimate of drug-likeness (QED) is 0.670. The van der Waals surface area contributed by atoms with Crippen LogP contribution in [0.3, 0.4) is 0 Å². The van der Waals surface area contributed by atoms with Gasteiger partial charge in [0.2, 0.25) is 0 Å². The molecular weight excluding hydrogens is 287 g/mol. The summed E-state index contributed by atoms with van der Waals surface area (Å²) < 4.78 is 5.29. The Kier molecular flexibility index (Phi) is 4.66. The fourth-order valence-electron chi connectivity index (χ4n) is 1.51. The van der Waals surface area contributed by atoms with Crippen LogP contribution < -0.4 is 10.2 Å². The van der Waals surface area contributed by atoms with Crippen molar-refractivity contribution in [3.05, 3.63) is 28.2 Å². The maximum atomic E-state index is 11.5. The first-order valence-corrected chi connectivity index (χ1v) is 6.72. The van der Waals surface area contributed by atoms with Crippen LogP contribution in [0.5, 0.6) is 5.75 Å². The van der Waals surface area contributed by atoms with E-state index in [0.29, 0.717) is 21.7 Å². The minimum absolute atomic E-state index is 0.136. The molecule has 1 aliphatic carbocycles. The molecule has 1 aromatic carbocycles. The van der Waals surface area contributed by atoms with Gasteiger partial charge in [0.15, 0.2) is 6.61 Å². The number of nitrogens with one attached hydrogen (secondary N) is 1. The molecule has 0 aliphatic heterocycles. The lowest BCUT2D eigenvalue weighted by molar-refractivity contribution is -0.123. The van der Waals surface area contributed by atoms with Crippen LogP contribution in [0.15, 0.2) is 23.3 Å². The molecule has 1 saturated carbocycles. The number of amides is 1. The van der Waals surface area contributed by atoms with Gasteiger partial charge in [0.1, 0.15) is 5.75 Å². The van der Waals surface area contributed by atoms with Crippen molar-refractivity contribution in [2.75, 3.05) is 6.61 Å². The largest absolute Gasteiger partial charge is 0.482 e. The maximum Gasteiger partial charge on any atom is 0.277 e. The molecule has 1 aliphatic rings. The van der Waals surface area contributed by atoms with Crippen molar-refractivity contribution in [2.45, 2.75) is 19.8 Å². The van der Waals surface area contributed by atoms with Crippen molar-refractivity contribution in [1.82, 2.24) is 5.43 Å². The van der Waals surface area contributed by atoms with Gasteiger partial charge in [0.05, 0.1) is 5.02 Å². The van der Waals surface area contributed by atoms with E-state index in [9.17, 15) is 4.79 Å². The van der Waals surface area contributed by atoms with Crippen LogP contribution in [0.4, 0.5) is 0 Å². The molecule has 6 heteroatoms. The summed E-state index contributed by atoms with van der Waals surface area (Å²) in [4.78, 5) is 11.5. The highest BCUT2D eigenvalue weighted by atomic mass is 35.5. The fraction of sp³-hybridized carbons (Fsp3) is 0.385. The van der Waals surface area contributed by atoms with Gasteiger partial charge in [-0.15, -0.1) is 0 Å². The van der Waals surface area contributed by atoms with Gasteiger partial charge < -0.3 is 4.74 Å². The van der Waals surface area contributed by atoms with E-state index < -0.39 is 0 Å². The standard InChI is InChI=1S/C13H14Cl2N2O2/c1-8(9-2-3-9)16-17-13(18)7-19-12-5-4-10(14)6-11(12)15/h4-6,9H,2-3,7H2,1H3,(H,17,18)/b16-8-. The number of carbonyl (C=O) groups excluding carboxylic acids is 1. The summed E-state index contributed by atoms with van der Waals surface area (Å²) in [5.74, 6) is 0.641. The second-order valence-electron chi connectivity index (χ2n) is 4.43. The van der Waals surface area contributed by atoms with Crippen molar-refractivity contribution in [3.8, 4) is 5.75 Å². The number of nitrogens with zero attached hydrogens (tertiary/aromatic N) is 1. The summed E-state index contributed by atoms with van der Waals surface area (Å²) in [5.41, 5.74) is 3.42. The predicted molar refractivity (Wildman–Crippen MR) is 75.9 cm³/mol. The lowest BCUT2D eigenvalue weighted by atomic mass is 10.3. The zero-order valence-electron chi connectivity index (χ0n) is 10.5. The van der Waals surface area contributed by atoms with Gasteiger partial charge in [-0.3, -0.25) is 4.79 Å². The number of benzene rings is 1. The summed E-state index contributed by atoms with van der Waals surface area (Å²) in [7, 11) is 0. The predicted octanol–water partition coefficient (Wildman–Crippen LogP) is 3.27. The summed E-state index contributed by atoms with van der Waals surface area (Å²) >= 11 is 11.7. The maximum absolute atomic E-state index is 11.5. The normalized spacial score (nSPS) is 15.2. The molecule has 0 saturated heterocycles. The van der Waals surface area contributed by atoms with Gasteiger partial charge in [-0.25, -0.2) is 5.43 Å². The summed E-state index contributed by atoms with van der Waals surface area (Å²) in [5, 5.41) is 4.91. The molecule has 0 aromatic heterocycles. The number of hydrogen-bond acceptors (Lipinski definition) is 3. The molecule has 19 heavy (non-hydrogen) atoms. The Labute approximate surface area is 121 Å². The second-order valence-corrected chi connectivity index (χ2v) is 5.27. The zero-order chi connectivity index (χ0) is 13.8. The van der Waals surface area contributed by atoms with Crippen molar-refractivity contribution in [2.24, 2.45) is 11.0 Å². The van der Waals surface area contributed by atoms with Crippen molar-refractivity contribution >= 4 is 34.8 Å². The minimum atomic E-state index is -0.314. The van der Waals surface area contributed by atoms with Gasteiger partial charge >= 0.3 is 0 Å². The highest BCUT2D eigenvalue weighted by Crippen LogP contribution is 2.30. The molecular formula is C13H14Cl2N2O2. The Balaban J connectivity index is 1.81. The Hall–Kier alpha value is -1.26. The van der Waals surface area contributed by atoms with Crippen molar-refractivity contribution < 1.29 is 9.53 Å². The Morgan fingerprint density at radius 3 is 2.84 bits per heavy atom. The minimum Gasteiger partial charge on any atom is -0.482 e. The van der Waals surface area contributed by atoms with E-state index in [1.165, 1.54) is 0 Å². The van der Waals surface area contributed by atoms with E-state index in [0.717, 1.165) is 18.6 Å². The van der Waals surface area contributed by atoms with Crippen LogP contribution >= 0.6 is 23.2 Å². The second kappa shape index (κ2) is 6.26. The zero-order valence-corrected chi connectivity index (χ0v) is 12.0. The average molecular weight is 301 g/mol. The fourth-order valence-corrected chi connectivity index (χ4v) is 1.97.